The predicted molar refractivity (Wildman–Crippen MR) is 146 cm³/mol. The van der Waals surface area contributed by atoms with E-state index in [2.05, 4.69) is 11.1 Å². The zero-order valence-electron chi connectivity index (χ0n) is 22.4. The summed E-state index contributed by atoms with van der Waals surface area (Å²) in [5.74, 6) is 0.158. The van der Waals surface area contributed by atoms with Crippen LogP contribution in [0.25, 0.3) is 11.1 Å². The molecular formula is C30H36FN3O3. The molecule has 7 heteroatoms. The number of β-amino-alcohol motifs (C(OH)–C–C–N with tert-alkyl or cyclic N) is 1. The molecule has 1 fully saturated rings. The number of carbonyl (C=O) groups excluding carboxylic acids is 1. The average molecular weight is 506 g/mol. The fourth-order valence-corrected chi connectivity index (χ4v) is 5.34. The Morgan fingerprint density at radius 3 is 2.41 bits per heavy atom. The van der Waals surface area contributed by atoms with Gasteiger partial charge in [-0.3, -0.25) is 4.79 Å². The van der Waals surface area contributed by atoms with Crippen LogP contribution >= 0.6 is 0 Å². The van der Waals surface area contributed by atoms with Gasteiger partial charge in [0.25, 0.3) is 0 Å². The second kappa shape index (κ2) is 10.2. The maximum absolute atomic E-state index is 14.0. The summed E-state index contributed by atoms with van der Waals surface area (Å²) >= 11 is 0. The van der Waals surface area contributed by atoms with Crippen molar-refractivity contribution in [3.05, 3.63) is 76.7 Å². The van der Waals surface area contributed by atoms with E-state index in [4.69, 9.17) is 0 Å². The molecule has 0 saturated carbocycles. The number of amides is 1. The van der Waals surface area contributed by atoms with Crippen molar-refractivity contribution in [1.29, 1.82) is 0 Å². The number of hydrogen-bond acceptors (Lipinski definition) is 5. The molecule has 37 heavy (non-hydrogen) atoms. The van der Waals surface area contributed by atoms with Gasteiger partial charge in [-0.05, 0) is 75.9 Å². The van der Waals surface area contributed by atoms with Gasteiger partial charge in [-0.15, -0.1) is 0 Å². The first-order chi connectivity index (χ1) is 17.4. The van der Waals surface area contributed by atoms with Gasteiger partial charge in [-0.2, -0.15) is 0 Å². The van der Waals surface area contributed by atoms with Crippen molar-refractivity contribution >= 4 is 17.4 Å². The Kier molecular flexibility index (Phi) is 7.40. The van der Waals surface area contributed by atoms with Gasteiger partial charge in [-0.25, -0.2) is 9.37 Å². The van der Waals surface area contributed by atoms with Crippen molar-refractivity contribution in [2.24, 2.45) is 0 Å². The lowest BCUT2D eigenvalue weighted by molar-refractivity contribution is -0.122. The Morgan fingerprint density at radius 1 is 1.11 bits per heavy atom. The molecule has 0 aliphatic carbocycles. The number of hydrogen-bond donors (Lipinski definition) is 2. The van der Waals surface area contributed by atoms with Crippen LogP contribution in [-0.2, 0) is 10.2 Å². The molecule has 196 valence electrons. The van der Waals surface area contributed by atoms with E-state index in [0.29, 0.717) is 24.5 Å². The van der Waals surface area contributed by atoms with Crippen LogP contribution in [-0.4, -0.2) is 53.4 Å². The van der Waals surface area contributed by atoms with Crippen LogP contribution in [0.5, 0.6) is 0 Å². The third-order valence-corrected chi connectivity index (χ3v) is 7.39. The lowest BCUT2D eigenvalue weighted by Gasteiger charge is -2.32. The number of carbonyl (C=O) groups is 1. The Labute approximate surface area is 218 Å². The number of likely N-dealkylation sites (N-methyl/N-ethyl adjacent to an activating group) is 1. The minimum atomic E-state index is -0.805. The third-order valence-electron chi connectivity index (χ3n) is 7.39. The van der Waals surface area contributed by atoms with E-state index in [1.807, 2.05) is 57.7 Å². The molecule has 3 aromatic rings. The standard InChI is InChI=1S/C30H36FN3O3/c1-18-9-19(2)11-21(10-18)30(4,5)29(37)33(6)27-15-32-28(34-16-24(36)13-23(34)17-35)14-26(27)25-8-7-22(31)12-20(25)3/h7-12,14-15,23-24,35-36H,13,16-17H2,1-6H3. The van der Waals surface area contributed by atoms with Crippen LogP contribution < -0.4 is 9.80 Å². The number of rotatable bonds is 6. The summed E-state index contributed by atoms with van der Waals surface area (Å²) in [6, 6.07) is 12.4. The van der Waals surface area contributed by atoms with Crippen molar-refractivity contribution in [3.63, 3.8) is 0 Å². The Hall–Kier alpha value is -3.29. The molecule has 0 spiro atoms. The number of pyridine rings is 1. The number of halogens is 1. The first-order valence-electron chi connectivity index (χ1n) is 12.6. The number of aryl methyl sites for hydroxylation is 3. The Morgan fingerprint density at radius 2 is 1.78 bits per heavy atom. The van der Waals surface area contributed by atoms with E-state index in [1.165, 1.54) is 12.1 Å². The summed E-state index contributed by atoms with van der Waals surface area (Å²) in [6.45, 7) is 9.97. The number of aliphatic hydroxyl groups excluding tert-OH is 2. The molecule has 4 rings (SSSR count). The van der Waals surface area contributed by atoms with Gasteiger partial charge in [0.2, 0.25) is 5.91 Å². The molecular weight excluding hydrogens is 469 g/mol. The Bertz CT molecular complexity index is 1300. The first-order valence-corrected chi connectivity index (χ1v) is 12.6. The highest BCUT2D eigenvalue weighted by molar-refractivity contribution is 6.03. The first kappa shape index (κ1) is 26.8. The molecule has 2 heterocycles. The number of aliphatic hydroxyl groups is 2. The predicted octanol–water partition coefficient (Wildman–Crippen LogP) is 4.69. The minimum absolute atomic E-state index is 0.0992. The normalized spacial score (nSPS) is 17.8. The van der Waals surface area contributed by atoms with E-state index in [9.17, 15) is 19.4 Å². The third kappa shape index (κ3) is 5.24. The molecule has 2 N–H and O–H groups in total. The average Bonchev–Trinajstić information content (AvgIpc) is 3.23. The molecule has 1 aromatic heterocycles. The van der Waals surface area contributed by atoms with Crippen molar-refractivity contribution in [2.75, 3.05) is 30.0 Å². The number of anilines is 2. The Balaban J connectivity index is 1.81. The fourth-order valence-electron chi connectivity index (χ4n) is 5.34. The second-order valence-corrected chi connectivity index (χ2v) is 10.8. The molecule has 2 atom stereocenters. The monoisotopic (exact) mass is 505 g/mol. The molecule has 0 radical (unpaired) electrons. The minimum Gasteiger partial charge on any atom is -0.394 e. The van der Waals surface area contributed by atoms with Crippen LogP contribution in [0.2, 0.25) is 0 Å². The number of benzene rings is 2. The van der Waals surface area contributed by atoms with Crippen molar-refractivity contribution in [1.82, 2.24) is 4.98 Å². The number of nitrogens with zero attached hydrogens (tertiary/aromatic N) is 3. The van der Waals surface area contributed by atoms with Crippen LogP contribution in [0.15, 0.2) is 48.7 Å². The second-order valence-electron chi connectivity index (χ2n) is 10.8. The SMILES string of the molecule is Cc1cc(C)cc(C(C)(C)C(=O)N(C)c2cnc(N3CC(O)CC3CO)cc2-c2ccc(F)cc2C)c1. The quantitative estimate of drug-likeness (QED) is 0.509. The summed E-state index contributed by atoms with van der Waals surface area (Å²) in [5, 5.41) is 20.1. The summed E-state index contributed by atoms with van der Waals surface area (Å²) in [7, 11) is 1.74. The molecule has 2 unspecified atom stereocenters. The maximum Gasteiger partial charge on any atom is 0.236 e. The van der Waals surface area contributed by atoms with E-state index in [-0.39, 0.29) is 24.4 Å². The van der Waals surface area contributed by atoms with Crippen LogP contribution in [0, 0.1) is 26.6 Å². The van der Waals surface area contributed by atoms with Gasteiger partial charge in [0, 0.05) is 19.2 Å². The molecule has 1 amide bonds. The van der Waals surface area contributed by atoms with E-state index in [0.717, 1.165) is 33.4 Å². The van der Waals surface area contributed by atoms with E-state index in [1.54, 1.807) is 24.2 Å². The van der Waals surface area contributed by atoms with Gasteiger partial charge in [0.1, 0.15) is 11.6 Å². The fraction of sp³-hybridized carbons (Fsp3) is 0.400. The van der Waals surface area contributed by atoms with Gasteiger partial charge in [0.05, 0.1) is 36.1 Å². The van der Waals surface area contributed by atoms with Crippen molar-refractivity contribution < 1.29 is 19.4 Å². The highest BCUT2D eigenvalue weighted by Gasteiger charge is 2.35. The summed E-state index contributed by atoms with van der Waals surface area (Å²) < 4.78 is 14.0. The van der Waals surface area contributed by atoms with Crippen molar-refractivity contribution in [2.45, 2.75) is 58.6 Å². The zero-order chi connectivity index (χ0) is 27.1. The van der Waals surface area contributed by atoms with Gasteiger partial charge >= 0.3 is 0 Å². The van der Waals surface area contributed by atoms with Gasteiger partial charge in [-0.1, -0.05) is 35.4 Å². The largest absolute Gasteiger partial charge is 0.394 e. The van der Waals surface area contributed by atoms with E-state index < -0.39 is 11.5 Å². The zero-order valence-corrected chi connectivity index (χ0v) is 22.4. The summed E-state index contributed by atoms with van der Waals surface area (Å²) in [6.07, 6.45) is 1.55. The maximum atomic E-state index is 14.0. The number of aromatic nitrogens is 1. The van der Waals surface area contributed by atoms with Crippen LogP contribution in [0.4, 0.5) is 15.9 Å². The van der Waals surface area contributed by atoms with Crippen LogP contribution in [0.1, 0.15) is 42.5 Å². The molecule has 0 bridgehead atoms. The summed E-state index contributed by atoms with van der Waals surface area (Å²) in [4.78, 5) is 22.1. The molecule has 6 nitrogen and oxygen atoms in total. The van der Waals surface area contributed by atoms with Gasteiger partial charge in [0.15, 0.2) is 0 Å². The highest BCUT2D eigenvalue weighted by Crippen LogP contribution is 2.38. The molecule has 2 aromatic carbocycles. The summed E-state index contributed by atoms with van der Waals surface area (Å²) in [5.41, 5.74) is 5.16. The molecule has 1 aliphatic rings. The lowest BCUT2D eigenvalue weighted by atomic mass is 9.81. The van der Waals surface area contributed by atoms with Crippen molar-refractivity contribution in [3.8, 4) is 11.1 Å². The molecule has 1 aliphatic heterocycles. The van der Waals surface area contributed by atoms with Crippen LogP contribution in [0.3, 0.4) is 0 Å². The van der Waals surface area contributed by atoms with E-state index >= 15 is 0 Å². The van der Waals surface area contributed by atoms with Gasteiger partial charge < -0.3 is 20.0 Å². The highest BCUT2D eigenvalue weighted by atomic mass is 19.1. The smallest absolute Gasteiger partial charge is 0.236 e. The lowest BCUT2D eigenvalue weighted by Crippen LogP contribution is -2.42. The molecule has 1 saturated heterocycles. The topological polar surface area (TPSA) is 76.9 Å².